The monoisotopic (exact) mass is 290 g/mol. The molecule has 1 aliphatic heterocycles. The summed E-state index contributed by atoms with van der Waals surface area (Å²) in [6.45, 7) is 0. The number of aromatic nitrogens is 3. The summed E-state index contributed by atoms with van der Waals surface area (Å²) in [5, 5.41) is 10.9. The van der Waals surface area contributed by atoms with Crippen LogP contribution in [-0.2, 0) is 9.59 Å². The maximum atomic E-state index is 11.8. The average molecular weight is 291 g/mol. The van der Waals surface area contributed by atoms with Crippen molar-refractivity contribution in [2.24, 2.45) is 0 Å². The molecule has 1 aliphatic rings. The van der Waals surface area contributed by atoms with E-state index in [2.05, 4.69) is 15.6 Å². The van der Waals surface area contributed by atoms with Crippen molar-refractivity contribution in [2.75, 3.05) is 0 Å². The topological polar surface area (TPSA) is 76.9 Å². The van der Waals surface area contributed by atoms with Crippen molar-refractivity contribution in [3.05, 3.63) is 35.5 Å². The Balaban J connectivity index is 1.89. The molecule has 1 N–H and O–H groups in total. The summed E-state index contributed by atoms with van der Waals surface area (Å²) < 4.78 is 1.47. The summed E-state index contributed by atoms with van der Waals surface area (Å²) in [6.07, 6.45) is 2.40. The van der Waals surface area contributed by atoms with Crippen LogP contribution in [0.1, 0.15) is 18.9 Å². The second kappa shape index (κ2) is 5.05. The molecule has 6 nitrogen and oxygen atoms in total. The van der Waals surface area contributed by atoms with E-state index in [4.69, 9.17) is 11.6 Å². The SMILES string of the molecule is O=C1CCC(n2cc(-c3ccccc3Cl)nn2)C(=O)N1. The van der Waals surface area contributed by atoms with Crippen molar-refractivity contribution >= 4 is 23.4 Å². The molecule has 2 amide bonds. The van der Waals surface area contributed by atoms with Crippen molar-refractivity contribution < 1.29 is 9.59 Å². The van der Waals surface area contributed by atoms with Crippen LogP contribution in [0.5, 0.6) is 0 Å². The third kappa shape index (κ3) is 2.30. The van der Waals surface area contributed by atoms with E-state index in [0.29, 0.717) is 23.6 Å². The van der Waals surface area contributed by atoms with Gasteiger partial charge in [0.05, 0.1) is 11.2 Å². The van der Waals surface area contributed by atoms with Gasteiger partial charge in [0.25, 0.3) is 5.91 Å². The predicted octanol–water partition coefficient (Wildman–Crippen LogP) is 1.58. The Labute approximate surface area is 119 Å². The fourth-order valence-corrected chi connectivity index (χ4v) is 2.39. The number of carbonyl (C=O) groups is 2. The van der Waals surface area contributed by atoms with Crippen LogP contribution in [0.15, 0.2) is 30.5 Å². The smallest absolute Gasteiger partial charge is 0.251 e. The number of amides is 2. The quantitative estimate of drug-likeness (QED) is 0.852. The van der Waals surface area contributed by atoms with Gasteiger partial charge in [0.1, 0.15) is 11.7 Å². The fraction of sp³-hybridized carbons (Fsp3) is 0.231. The van der Waals surface area contributed by atoms with Crippen LogP contribution in [0.4, 0.5) is 0 Å². The molecule has 0 bridgehead atoms. The zero-order valence-corrected chi connectivity index (χ0v) is 11.2. The van der Waals surface area contributed by atoms with Crippen LogP contribution >= 0.6 is 11.6 Å². The molecule has 20 heavy (non-hydrogen) atoms. The van der Waals surface area contributed by atoms with Gasteiger partial charge in [-0.15, -0.1) is 5.10 Å². The molecular formula is C13H11ClN4O2. The van der Waals surface area contributed by atoms with E-state index in [1.165, 1.54) is 4.68 Å². The van der Waals surface area contributed by atoms with Gasteiger partial charge in [-0.2, -0.15) is 0 Å². The van der Waals surface area contributed by atoms with Crippen molar-refractivity contribution in [1.82, 2.24) is 20.3 Å². The Bertz CT molecular complexity index is 683. The van der Waals surface area contributed by atoms with Crippen LogP contribution in [0.25, 0.3) is 11.3 Å². The second-order valence-electron chi connectivity index (χ2n) is 4.53. The number of piperidine rings is 1. The predicted molar refractivity (Wildman–Crippen MR) is 71.9 cm³/mol. The second-order valence-corrected chi connectivity index (χ2v) is 4.94. The van der Waals surface area contributed by atoms with E-state index in [1.807, 2.05) is 18.2 Å². The Morgan fingerprint density at radius 1 is 1.30 bits per heavy atom. The molecule has 0 radical (unpaired) electrons. The van der Waals surface area contributed by atoms with E-state index in [0.717, 1.165) is 5.56 Å². The lowest BCUT2D eigenvalue weighted by atomic mass is 10.1. The minimum Gasteiger partial charge on any atom is -0.295 e. The maximum Gasteiger partial charge on any atom is 0.251 e. The van der Waals surface area contributed by atoms with Gasteiger partial charge in [0.15, 0.2) is 0 Å². The standard InChI is InChI=1S/C13H11ClN4O2/c14-9-4-2-1-3-8(9)10-7-18(17-16-10)11-5-6-12(19)15-13(11)20/h1-4,7,11H,5-6H2,(H,15,19,20). The molecule has 0 spiro atoms. The Morgan fingerprint density at radius 2 is 2.10 bits per heavy atom. The molecule has 0 saturated carbocycles. The Morgan fingerprint density at radius 3 is 2.85 bits per heavy atom. The van der Waals surface area contributed by atoms with E-state index in [1.54, 1.807) is 12.3 Å². The van der Waals surface area contributed by atoms with Gasteiger partial charge in [0, 0.05) is 12.0 Å². The Hall–Kier alpha value is -2.21. The molecule has 1 saturated heterocycles. The van der Waals surface area contributed by atoms with Crippen LogP contribution in [0.3, 0.4) is 0 Å². The molecule has 1 aromatic carbocycles. The zero-order chi connectivity index (χ0) is 14.1. The summed E-state index contributed by atoms with van der Waals surface area (Å²) in [5.74, 6) is -0.602. The largest absolute Gasteiger partial charge is 0.295 e. The van der Waals surface area contributed by atoms with Gasteiger partial charge in [-0.3, -0.25) is 14.9 Å². The van der Waals surface area contributed by atoms with E-state index < -0.39 is 6.04 Å². The third-order valence-corrected chi connectivity index (χ3v) is 3.52. The van der Waals surface area contributed by atoms with Gasteiger partial charge in [0.2, 0.25) is 5.91 Å². The van der Waals surface area contributed by atoms with Crippen molar-refractivity contribution in [2.45, 2.75) is 18.9 Å². The van der Waals surface area contributed by atoms with Gasteiger partial charge >= 0.3 is 0 Å². The number of rotatable bonds is 2. The van der Waals surface area contributed by atoms with E-state index in [9.17, 15) is 9.59 Å². The summed E-state index contributed by atoms with van der Waals surface area (Å²) >= 11 is 6.10. The average Bonchev–Trinajstić information content (AvgIpc) is 2.88. The first-order chi connectivity index (χ1) is 9.65. The molecule has 2 aromatic rings. The highest BCUT2D eigenvalue weighted by molar-refractivity contribution is 6.33. The van der Waals surface area contributed by atoms with Crippen molar-refractivity contribution in [1.29, 1.82) is 0 Å². The molecule has 2 heterocycles. The minimum atomic E-state index is -0.503. The zero-order valence-electron chi connectivity index (χ0n) is 10.4. The van der Waals surface area contributed by atoms with Crippen molar-refractivity contribution in [3.63, 3.8) is 0 Å². The van der Waals surface area contributed by atoms with Crippen molar-refractivity contribution in [3.8, 4) is 11.3 Å². The van der Waals surface area contributed by atoms with Gasteiger partial charge < -0.3 is 0 Å². The minimum absolute atomic E-state index is 0.252. The first-order valence-electron chi connectivity index (χ1n) is 6.15. The molecule has 1 atom stereocenters. The molecule has 0 aliphatic carbocycles. The lowest BCUT2D eigenvalue weighted by Gasteiger charge is -2.20. The van der Waals surface area contributed by atoms with Crippen LogP contribution in [0.2, 0.25) is 5.02 Å². The highest BCUT2D eigenvalue weighted by Gasteiger charge is 2.29. The van der Waals surface area contributed by atoms with Gasteiger partial charge in [-0.25, -0.2) is 4.68 Å². The van der Waals surface area contributed by atoms with Crippen LogP contribution in [0, 0.1) is 0 Å². The number of benzene rings is 1. The van der Waals surface area contributed by atoms with Gasteiger partial charge in [-0.05, 0) is 12.5 Å². The third-order valence-electron chi connectivity index (χ3n) is 3.19. The highest BCUT2D eigenvalue weighted by atomic mass is 35.5. The Kier molecular flexibility index (Phi) is 3.23. The highest BCUT2D eigenvalue weighted by Crippen LogP contribution is 2.27. The van der Waals surface area contributed by atoms with E-state index in [-0.39, 0.29) is 11.8 Å². The van der Waals surface area contributed by atoms with E-state index >= 15 is 0 Å². The van der Waals surface area contributed by atoms with Gasteiger partial charge in [-0.1, -0.05) is 35.0 Å². The number of imide groups is 1. The van der Waals surface area contributed by atoms with Crippen LogP contribution < -0.4 is 5.32 Å². The number of carbonyl (C=O) groups excluding carboxylic acids is 2. The normalized spacial score (nSPS) is 18.9. The molecule has 7 heteroatoms. The summed E-state index contributed by atoms with van der Waals surface area (Å²) in [6, 6.07) is 6.78. The number of halogens is 1. The molecule has 3 rings (SSSR count). The molecule has 1 fully saturated rings. The summed E-state index contributed by atoms with van der Waals surface area (Å²) in [5.41, 5.74) is 1.35. The number of nitrogens with one attached hydrogen (secondary N) is 1. The molecule has 102 valence electrons. The first kappa shape index (κ1) is 12.8. The summed E-state index contributed by atoms with van der Waals surface area (Å²) in [4.78, 5) is 22.9. The van der Waals surface area contributed by atoms with Crippen LogP contribution in [-0.4, -0.2) is 26.8 Å². The number of hydrogen-bond acceptors (Lipinski definition) is 4. The number of hydrogen-bond donors (Lipinski definition) is 1. The molecular weight excluding hydrogens is 280 g/mol. The lowest BCUT2D eigenvalue weighted by Crippen LogP contribution is -2.41. The number of nitrogens with zero attached hydrogens (tertiary/aromatic N) is 3. The summed E-state index contributed by atoms with van der Waals surface area (Å²) in [7, 11) is 0. The lowest BCUT2D eigenvalue weighted by molar-refractivity contribution is -0.136. The molecule has 1 aromatic heterocycles. The maximum absolute atomic E-state index is 11.8. The first-order valence-corrected chi connectivity index (χ1v) is 6.53. The molecule has 1 unspecified atom stereocenters. The fourth-order valence-electron chi connectivity index (χ4n) is 2.16.